The molecule has 172 valence electrons. The second-order valence-corrected chi connectivity index (χ2v) is 10.1. The van der Waals surface area contributed by atoms with Gasteiger partial charge in [-0.25, -0.2) is 4.79 Å². The highest BCUT2D eigenvalue weighted by Crippen LogP contribution is 2.37. The first-order chi connectivity index (χ1) is 15.5. The largest absolute Gasteiger partial charge is 0.450 e. The van der Waals surface area contributed by atoms with Crippen molar-refractivity contribution in [1.82, 2.24) is 5.32 Å². The van der Waals surface area contributed by atoms with Crippen molar-refractivity contribution < 1.29 is 19.1 Å². The maximum atomic E-state index is 12.8. The molecule has 0 spiro atoms. The number of rotatable bonds is 8. The molecule has 0 bridgehead atoms. The Morgan fingerprint density at radius 2 is 1.88 bits per heavy atom. The number of hydrogen-bond donors (Lipinski definition) is 2. The van der Waals surface area contributed by atoms with Crippen LogP contribution in [0, 0.1) is 0 Å². The van der Waals surface area contributed by atoms with Crippen LogP contribution >= 0.6 is 34.7 Å². The first-order valence-corrected chi connectivity index (χ1v) is 13.0. The van der Waals surface area contributed by atoms with Gasteiger partial charge < -0.3 is 10.1 Å². The van der Waals surface area contributed by atoms with Gasteiger partial charge >= 0.3 is 6.09 Å². The van der Waals surface area contributed by atoms with E-state index in [0.29, 0.717) is 28.4 Å². The van der Waals surface area contributed by atoms with Gasteiger partial charge in [0.1, 0.15) is 5.00 Å². The van der Waals surface area contributed by atoms with E-state index in [0.717, 1.165) is 53.2 Å². The number of alkyl carbamates (subject to hydrolysis) is 1. The van der Waals surface area contributed by atoms with Crippen molar-refractivity contribution in [2.75, 3.05) is 17.7 Å². The summed E-state index contributed by atoms with van der Waals surface area (Å²) in [5.41, 5.74) is 1.35. The lowest BCUT2D eigenvalue weighted by molar-refractivity contribution is -0.116. The minimum atomic E-state index is -0.775. The number of nitrogens with one attached hydrogen (secondary N) is 2. The first kappa shape index (κ1) is 24.6. The van der Waals surface area contributed by atoms with E-state index in [9.17, 15) is 14.4 Å². The second-order valence-electron chi connectivity index (χ2n) is 7.40. The number of halogens is 1. The van der Waals surface area contributed by atoms with E-state index in [1.807, 2.05) is 24.3 Å². The molecule has 0 fully saturated rings. The third-order valence-electron chi connectivity index (χ3n) is 5.02. The molecule has 3 amide bonds. The van der Waals surface area contributed by atoms with Gasteiger partial charge in [-0.1, -0.05) is 18.0 Å². The van der Waals surface area contributed by atoms with E-state index in [2.05, 4.69) is 10.6 Å². The Morgan fingerprint density at radius 1 is 1.12 bits per heavy atom. The van der Waals surface area contributed by atoms with Crippen molar-refractivity contribution in [2.45, 2.75) is 56.8 Å². The summed E-state index contributed by atoms with van der Waals surface area (Å²) in [6.45, 7) is 1.86. The number of imide groups is 1. The molecule has 1 aromatic heterocycles. The molecule has 1 heterocycles. The fourth-order valence-electron chi connectivity index (χ4n) is 3.54. The number of hydrogen-bond acceptors (Lipinski definition) is 6. The van der Waals surface area contributed by atoms with E-state index < -0.39 is 12.0 Å². The summed E-state index contributed by atoms with van der Waals surface area (Å²) in [5.74, 6) is 0.145. The minimum Gasteiger partial charge on any atom is -0.450 e. The van der Waals surface area contributed by atoms with Crippen molar-refractivity contribution in [2.24, 2.45) is 0 Å². The van der Waals surface area contributed by atoms with Crippen molar-refractivity contribution in [3.8, 4) is 0 Å². The van der Waals surface area contributed by atoms with Crippen LogP contribution in [0.15, 0.2) is 29.2 Å². The summed E-state index contributed by atoms with van der Waals surface area (Å²) in [5, 5.41) is 6.43. The van der Waals surface area contributed by atoms with Gasteiger partial charge in [-0.05, 0) is 74.6 Å². The van der Waals surface area contributed by atoms with E-state index in [4.69, 9.17) is 16.3 Å². The third kappa shape index (κ3) is 6.98. The van der Waals surface area contributed by atoms with Gasteiger partial charge in [0.15, 0.2) is 0 Å². The number of aryl methyl sites for hydroxylation is 1. The second kappa shape index (κ2) is 12.3. The highest BCUT2D eigenvalue weighted by Gasteiger charge is 2.26. The zero-order chi connectivity index (χ0) is 22.9. The summed E-state index contributed by atoms with van der Waals surface area (Å²) >= 11 is 9.02. The van der Waals surface area contributed by atoms with E-state index in [1.54, 1.807) is 18.7 Å². The fourth-order valence-corrected chi connectivity index (χ4v) is 5.82. The van der Waals surface area contributed by atoms with E-state index in [-0.39, 0.29) is 12.5 Å². The third-order valence-corrected chi connectivity index (χ3v) is 7.58. The summed E-state index contributed by atoms with van der Waals surface area (Å²) in [4.78, 5) is 39.4. The molecule has 1 aliphatic rings. The molecular formula is C23H27ClN2O4S2. The van der Waals surface area contributed by atoms with Crippen molar-refractivity contribution in [3.05, 3.63) is 45.3 Å². The molecule has 0 radical (unpaired) electrons. The average molecular weight is 495 g/mol. The Labute approximate surface area is 201 Å². The summed E-state index contributed by atoms with van der Waals surface area (Å²) in [6.07, 6.45) is 5.07. The van der Waals surface area contributed by atoms with Crippen LogP contribution in [0.1, 0.15) is 59.8 Å². The molecule has 0 atom stereocenters. The monoisotopic (exact) mass is 494 g/mol. The van der Waals surface area contributed by atoms with Crippen molar-refractivity contribution in [1.29, 1.82) is 0 Å². The molecule has 6 nitrogen and oxygen atoms in total. The Hall–Kier alpha value is -2.03. The maximum Gasteiger partial charge on any atom is 0.414 e. The molecule has 0 saturated heterocycles. The maximum absolute atomic E-state index is 12.8. The Kier molecular flexibility index (Phi) is 9.44. The van der Waals surface area contributed by atoms with Crippen LogP contribution in [0.2, 0.25) is 5.02 Å². The van der Waals surface area contributed by atoms with Gasteiger partial charge in [-0.2, -0.15) is 0 Å². The van der Waals surface area contributed by atoms with Crippen LogP contribution in [0.5, 0.6) is 0 Å². The summed E-state index contributed by atoms with van der Waals surface area (Å²) < 4.78 is 4.84. The highest BCUT2D eigenvalue weighted by atomic mass is 35.5. The Balaban J connectivity index is 1.62. The predicted molar refractivity (Wildman–Crippen MR) is 130 cm³/mol. The lowest BCUT2D eigenvalue weighted by atomic mass is 10.0. The Morgan fingerprint density at radius 3 is 2.62 bits per heavy atom. The van der Waals surface area contributed by atoms with Gasteiger partial charge in [-0.3, -0.25) is 14.9 Å². The normalized spacial score (nSPS) is 13.1. The van der Waals surface area contributed by atoms with Gasteiger partial charge in [0, 0.05) is 21.2 Å². The number of amides is 3. The summed E-state index contributed by atoms with van der Waals surface area (Å²) in [7, 11) is 0. The van der Waals surface area contributed by atoms with Crippen molar-refractivity contribution >= 4 is 57.6 Å². The van der Waals surface area contributed by atoms with E-state index in [1.165, 1.54) is 11.3 Å². The van der Waals surface area contributed by atoms with Gasteiger partial charge in [0.25, 0.3) is 5.91 Å². The standard InChI is InChI=1S/C23H27ClN2O4S2/c1-2-30-23(29)26-21(28)20-17-7-4-3-5-8-18(17)32-22(20)25-19(27)9-6-14-31-16-12-10-15(24)11-13-16/h10-13H,2-9,14H2,1H3,(H,25,27)(H,26,28,29). The molecule has 2 aromatic rings. The quantitative estimate of drug-likeness (QED) is 0.264. The lowest BCUT2D eigenvalue weighted by Crippen LogP contribution is -2.32. The number of anilines is 1. The number of fused-ring (bicyclic) bond motifs is 1. The zero-order valence-electron chi connectivity index (χ0n) is 18.0. The predicted octanol–water partition coefficient (Wildman–Crippen LogP) is 6.07. The zero-order valence-corrected chi connectivity index (χ0v) is 20.4. The molecule has 3 rings (SSSR count). The molecule has 32 heavy (non-hydrogen) atoms. The van der Waals surface area contributed by atoms with Gasteiger partial charge in [-0.15, -0.1) is 23.1 Å². The molecular weight excluding hydrogens is 468 g/mol. The average Bonchev–Trinajstić information content (AvgIpc) is 2.93. The summed E-state index contributed by atoms with van der Waals surface area (Å²) in [6, 6.07) is 7.61. The van der Waals surface area contributed by atoms with Crippen LogP contribution in [-0.2, 0) is 22.4 Å². The number of carbonyl (C=O) groups excluding carboxylic acids is 3. The number of carbonyl (C=O) groups is 3. The van der Waals surface area contributed by atoms with Crippen LogP contribution in [-0.4, -0.2) is 30.3 Å². The van der Waals surface area contributed by atoms with E-state index >= 15 is 0 Å². The molecule has 1 aromatic carbocycles. The molecule has 9 heteroatoms. The molecule has 1 aliphatic carbocycles. The van der Waals surface area contributed by atoms with Crippen LogP contribution in [0.3, 0.4) is 0 Å². The van der Waals surface area contributed by atoms with Crippen LogP contribution in [0.25, 0.3) is 0 Å². The molecule has 0 saturated carbocycles. The fraction of sp³-hybridized carbons (Fsp3) is 0.435. The number of thiophene rings is 1. The number of benzene rings is 1. The first-order valence-electron chi connectivity index (χ1n) is 10.8. The van der Waals surface area contributed by atoms with Crippen molar-refractivity contribution in [3.63, 3.8) is 0 Å². The minimum absolute atomic E-state index is 0.136. The van der Waals surface area contributed by atoms with Gasteiger partial charge in [0.2, 0.25) is 5.91 Å². The smallest absolute Gasteiger partial charge is 0.414 e. The molecule has 2 N–H and O–H groups in total. The van der Waals surface area contributed by atoms with Crippen LogP contribution in [0.4, 0.5) is 9.80 Å². The Bertz CT molecular complexity index is 960. The number of ether oxygens (including phenoxy) is 1. The highest BCUT2D eigenvalue weighted by molar-refractivity contribution is 7.99. The molecule has 0 unspecified atom stereocenters. The SMILES string of the molecule is CCOC(=O)NC(=O)c1c(NC(=O)CCCSc2ccc(Cl)cc2)sc2c1CCCCC2. The topological polar surface area (TPSA) is 84.5 Å². The lowest BCUT2D eigenvalue weighted by Gasteiger charge is -2.09. The van der Waals surface area contributed by atoms with Gasteiger partial charge in [0.05, 0.1) is 12.2 Å². The van der Waals surface area contributed by atoms with Crippen LogP contribution < -0.4 is 10.6 Å². The molecule has 0 aliphatic heterocycles. The number of thioether (sulfide) groups is 1.